The molecule has 2 rings (SSSR count). The molecule has 90 valence electrons. The molecule has 0 bridgehead atoms. The number of carbonyl (C=O) groups is 1. The van der Waals surface area contributed by atoms with Gasteiger partial charge in [-0.15, -0.1) is 0 Å². The van der Waals surface area contributed by atoms with Crippen LogP contribution in [0.1, 0.15) is 24.2 Å². The fraction of sp³-hybridized carbons (Fsp3) is 0.308. The smallest absolute Gasteiger partial charge is 0.173 e. The van der Waals surface area contributed by atoms with Crippen molar-refractivity contribution in [2.24, 2.45) is 0 Å². The van der Waals surface area contributed by atoms with Gasteiger partial charge in [-0.05, 0) is 19.9 Å². The number of carbonyl (C=O) groups excluding carboxylic acids is 1. The van der Waals surface area contributed by atoms with Crippen LogP contribution in [0.4, 0.5) is 0 Å². The molecular weight excluding hydrogens is 234 g/mol. The number of hydrogen-bond donors (Lipinski definition) is 1. The molecule has 0 amide bonds. The second kappa shape index (κ2) is 4.94. The van der Waals surface area contributed by atoms with E-state index in [9.17, 15) is 4.79 Å². The first-order valence-electron chi connectivity index (χ1n) is 5.45. The molecule has 0 aliphatic carbocycles. The van der Waals surface area contributed by atoms with Gasteiger partial charge in [-0.2, -0.15) is 0 Å². The van der Waals surface area contributed by atoms with Gasteiger partial charge in [-0.3, -0.25) is 15.1 Å². The van der Waals surface area contributed by atoms with E-state index in [0.29, 0.717) is 5.75 Å². The molecule has 0 atom stereocenters. The van der Waals surface area contributed by atoms with Gasteiger partial charge >= 0.3 is 0 Å². The van der Waals surface area contributed by atoms with Crippen LogP contribution in [0.5, 0.6) is 0 Å². The zero-order chi connectivity index (χ0) is 12.3. The summed E-state index contributed by atoms with van der Waals surface area (Å²) in [4.78, 5) is 17.2. The maximum Gasteiger partial charge on any atom is 0.173 e. The highest BCUT2D eigenvalue weighted by Crippen LogP contribution is 2.26. The fourth-order valence-corrected chi connectivity index (χ4v) is 2.40. The lowest BCUT2D eigenvalue weighted by Crippen LogP contribution is -2.20. The van der Waals surface area contributed by atoms with Gasteiger partial charge in [-0.1, -0.05) is 42.1 Å². The van der Waals surface area contributed by atoms with Gasteiger partial charge in [0.2, 0.25) is 0 Å². The molecule has 0 spiro atoms. The number of rotatable bonds is 4. The van der Waals surface area contributed by atoms with Crippen LogP contribution in [0, 0.1) is 0 Å². The Morgan fingerprint density at radius 1 is 1.35 bits per heavy atom. The van der Waals surface area contributed by atoms with Gasteiger partial charge in [0, 0.05) is 5.56 Å². The lowest BCUT2D eigenvalue weighted by Gasteiger charge is -2.11. The van der Waals surface area contributed by atoms with Crippen LogP contribution in [-0.2, 0) is 4.84 Å². The molecule has 0 fully saturated rings. The molecule has 4 heteroatoms. The number of hydroxylamine groups is 1. The number of thioether (sulfide) groups is 1. The third-order valence-corrected chi connectivity index (χ3v) is 3.27. The Hall–Kier alpha value is -1.26. The van der Waals surface area contributed by atoms with Crippen molar-refractivity contribution >= 4 is 17.5 Å². The van der Waals surface area contributed by atoms with E-state index < -0.39 is 0 Å². The summed E-state index contributed by atoms with van der Waals surface area (Å²) in [5, 5.41) is 0.902. The highest BCUT2D eigenvalue weighted by Gasteiger charge is 2.24. The monoisotopic (exact) mass is 249 g/mol. The predicted molar refractivity (Wildman–Crippen MR) is 69.6 cm³/mol. The van der Waals surface area contributed by atoms with Crippen LogP contribution in [0.25, 0.3) is 0 Å². The van der Waals surface area contributed by atoms with Gasteiger partial charge in [0.05, 0.1) is 10.8 Å². The summed E-state index contributed by atoms with van der Waals surface area (Å²) in [6.45, 7) is 3.93. The SMILES string of the molecule is CC1(C)C=C(SCC(=O)c2ccccc2)NO1. The van der Waals surface area contributed by atoms with Crippen molar-refractivity contribution in [2.45, 2.75) is 19.4 Å². The zero-order valence-corrected chi connectivity index (χ0v) is 10.7. The highest BCUT2D eigenvalue weighted by atomic mass is 32.2. The summed E-state index contributed by atoms with van der Waals surface area (Å²) in [5.41, 5.74) is 3.28. The van der Waals surface area contributed by atoms with Crippen LogP contribution in [-0.4, -0.2) is 17.1 Å². The molecule has 1 aliphatic heterocycles. The quantitative estimate of drug-likeness (QED) is 0.833. The van der Waals surface area contributed by atoms with E-state index in [0.717, 1.165) is 10.6 Å². The predicted octanol–water partition coefficient (Wildman–Crippen LogP) is 2.76. The first kappa shape index (κ1) is 12.2. The third-order valence-electron chi connectivity index (χ3n) is 2.35. The van der Waals surface area contributed by atoms with Crippen LogP contribution < -0.4 is 5.48 Å². The van der Waals surface area contributed by atoms with Crippen LogP contribution in [0.3, 0.4) is 0 Å². The van der Waals surface area contributed by atoms with E-state index in [1.807, 2.05) is 50.3 Å². The van der Waals surface area contributed by atoms with Gasteiger partial charge in [-0.25, -0.2) is 0 Å². The topological polar surface area (TPSA) is 38.3 Å². The van der Waals surface area contributed by atoms with Crippen LogP contribution >= 0.6 is 11.8 Å². The molecule has 3 nitrogen and oxygen atoms in total. The summed E-state index contributed by atoms with van der Waals surface area (Å²) in [6.07, 6.45) is 1.98. The Morgan fingerprint density at radius 3 is 2.65 bits per heavy atom. The molecule has 0 unspecified atom stereocenters. The van der Waals surface area contributed by atoms with Crippen molar-refractivity contribution < 1.29 is 9.63 Å². The van der Waals surface area contributed by atoms with Gasteiger partial charge in [0.15, 0.2) is 5.78 Å². The Bertz CT molecular complexity index is 440. The summed E-state index contributed by atoms with van der Waals surface area (Å²) >= 11 is 1.46. The minimum Gasteiger partial charge on any atom is -0.293 e. The van der Waals surface area contributed by atoms with Gasteiger partial charge < -0.3 is 0 Å². The maximum absolute atomic E-state index is 11.8. The van der Waals surface area contributed by atoms with Crippen molar-refractivity contribution in [1.82, 2.24) is 5.48 Å². The second-order valence-electron chi connectivity index (χ2n) is 4.39. The Kier molecular flexibility index (Phi) is 3.54. The fourth-order valence-electron chi connectivity index (χ4n) is 1.48. The van der Waals surface area contributed by atoms with Crippen molar-refractivity contribution in [2.75, 3.05) is 5.75 Å². The summed E-state index contributed by atoms with van der Waals surface area (Å²) in [6, 6.07) is 9.31. The Balaban J connectivity index is 1.90. The molecule has 1 aromatic rings. The summed E-state index contributed by atoms with van der Waals surface area (Å²) in [5.74, 6) is 0.547. The average molecular weight is 249 g/mol. The second-order valence-corrected chi connectivity index (χ2v) is 5.41. The summed E-state index contributed by atoms with van der Waals surface area (Å²) < 4.78 is 0. The van der Waals surface area contributed by atoms with Crippen molar-refractivity contribution in [3.63, 3.8) is 0 Å². The van der Waals surface area contributed by atoms with Crippen molar-refractivity contribution in [3.8, 4) is 0 Å². The zero-order valence-electron chi connectivity index (χ0n) is 9.90. The van der Waals surface area contributed by atoms with Crippen LogP contribution in [0.2, 0.25) is 0 Å². The van der Waals surface area contributed by atoms with Gasteiger partial charge in [0.25, 0.3) is 0 Å². The maximum atomic E-state index is 11.8. The number of Topliss-reactive ketones (excluding diaryl/α,β-unsaturated/α-hetero) is 1. The van der Waals surface area contributed by atoms with E-state index in [1.165, 1.54) is 11.8 Å². The normalized spacial score (nSPS) is 17.4. The Morgan fingerprint density at radius 2 is 2.06 bits per heavy atom. The van der Waals surface area contributed by atoms with Gasteiger partial charge in [0.1, 0.15) is 5.60 Å². The number of hydrogen-bond acceptors (Lipinski definition) is 4. The average Bonchev–Trinajstić information content (AvgIpc) is 2.67. The minimum atomic E-state index is -0.294. The molecule has 0 aromatic heterocycles. The van der Waals surface area contributed by atoms with E-state index in [4.69, 9.17) is 4.84 Å². The third kappa shape index (κ3) is 3.35. The van der Waals surface area contributed by atoms with E-state index >= 15 is 0 Å². The molecule has 1 heterocycles. The molecule has 17 heavy (non-hydrogen) atoms. The van der Waals surface area contributed by atoms with E-state index in [-0.39, 0.29) is 11.4 Å². The molecule has 0 saturated heterocycles. The van der Waals surface area contributed by atoms with Crippen LogP contribution in [0.15, 0.2) is 41.4 Å². The lowest BCUT2D eigenvalue weighted by molar-refractivity contribution is -0.0126. The first-order valence-corrected chi connectivity index (χ1v) is 6.43. The minimum absolute atomic E-state index is 0.128. The molecule has 1 aromatic carbocycles. The number of benzene rings is 1. The standard InChI is InChI=1S/C13H15NO2S/c1-13(2)8-12(14-16-13)17-9-11(15)10-6-4-3-5-7-10/h3-8,14H,9H2,1-2H3. The number of nitrogens with one attached hydrogen (secondary N) is 1. The van der Waals surface area contributed by atoms with E-state index in [1.54, 1.807) is 0 Å². The van der Waals surface area contributed by atoms with E-state index in [2.05, 4.69) is 5.48 Å². The summed E-state index contributed by atoms with van der Waals surface area (Å²) in [7, 11) is 0. The first-order chi connectivity index (χ1) is 8.07. The Labute approximate surface area is 105 Å². The molecule has 1 aliphatic rings. The molecule has 0 saturated carbocycles. The van der Waals surface area contributed by atoms with Crippen molar-refractivity contribution in [1.29, 1.82) is 0 Å². The molecule has 1 N–H and O–H groups in total. The molecular formula is C13H15NO2S. The highest BCUT2D eigenvalue weighted by molar-refractivity contribution is 8.03. The molecule has 0 radical (unpaired) electrons. The number of ketones is 1. The largest absolute Gasteiger partial charge is 0.293 e. The van der Waals surface area contributed by atoms with Crippen molar-refractivity contribution in [3.05, 3.63) is 47.0 Å². The lowest BCUT2D eigenvalue weighted by atomic mass is 10.1.